The summed E-state index contributed by atoms with van der Waals surface area (Å²) in [6.45, 7) is 0. The first-order chi connectivity index (χ1) is 5.38. The second-order valence-electron chi connectivity index (χ2n) is 2.53. The van der Waals surface area contributed by atoms with Crippen LogP contribution < -0.4 is 3.58 Å². The maximum atomic E-state index is 2.18. The second-order valence-corrected chi connectivity index (χ2v) is 4.06. The van der Waals surface area contributed by atoms with Crippen LogP contribution in [0.25, 0.3) is 10.8 Å². The van der Waals surface area contributed by atoms with Crippen LogP contribution in [-0.2, 0) is 0 Å². The zero-order valence-electron chi connectivity index (χ0n) is 6.04. The summed E-state index contributed by atoms with van der Waals surface area (Å²) in [6, 6.07) is 15.0. The molecule has 11 heavy (non-hydrogen) atoms. The molecule has 0 aliphatic rings. The molecular formula is C10H7Sn+3. The van der Waals surface area contributed by atoms with Crippen molar-refractivity contribution in [2.45, 2.75) is 0 Å². The summed E-state index contributed by atoms with van der Waals surface area (Å²) in [5.41, 5.74) is 0. The van der Waals surface area contributed by atoms with E-state index < -0.39 is 0 Å². The molecule has 0 aliphatic heterocycles. The third-order valence-corrected chi connectivity index (χ3v) is 3.03. The van der Waals surface area contributed by atoms with Crippen LogP contribution in [0, 0.1) is 0 Å². The van der Waals surface area contributed by atoms with E-state index >= 15 is 0 Å². The number of hydrogen-bond donors (Lipinski definition) is 0. The molecular weight excluding hydrogens is 239 g/mol. The third kappa shape index (κ3) is 1.27. The summed E-state index contributed by atoms with van der Waals surface area (Å²) in [4.78, 5) is 0. The topological polar surface area (TPSA) is 0 Å². The fourth-order valence-corrected chi connectivity index (χ4v) is 2.15. The van der Waals surface area contributed by atoms with Gasteiger partial charge in [0.05, 0.1) is 0 Å². The van der Waals surface area contributed by atoms with Gasteiger partial charge in [0.2, 0.25) is 0 Å². The van der Waals surface area contributed by atoms with Gasteiger partial charge in [-0.3, -0.25) is 0 Å². The molecule has 48 valence electrons. The Hall–Kier alpha value is -0.501. The summed E-state index contributed by atoms with van der Waals surface area (Å²) in [7, 11) is 0. The Morgan fingerprint density at radius 2 is 1.55 bits per heavy atom. The van der Waals surface area contributed by atoms with E-state index in [-0.39, 0.29) is 0 Å². The molecule has 0 aromatic heterocycles. The first kappa shape index (κ1) is 7.16. The molecule has 0 saturated carbocycles. The van der Waals surface area contributed by atoms with Gasteiger partial charge in [-0.2, -0.15) is 0 Å². The zero-order chi connectivity index (χ0) is 7.68. The Balaban J connectivity index is 2.91. The van der Waals surface area contributed by atoms with E-state index in [0.717, 1.165) is 0 Å². The Kier molecular flexibility index (Phi) is 1.86. The average molecular weight is 246 g/mol. The van der Waals surface area contributed by atoms with E-state index in [1.807, 2.05) is 0 Å². The van der Waals surface area contributed by atoms with E-state index in [1.54, 1.807) is 0 Å². The second kappa shape index (κ2) is 2.86. The number of hydrogen-bond acceptors (Lipinski definition) is 0. The molecule has 0 aliphatic carbocycles. The number of fused-ring (bicyclic) bond motifs is 1. The summed E-state index contributed by atoms with van der Waals surface area (Å²) in [5, 5.41) is 2.75. The number of benzene rings is 2. The van der Waals surface area contributed by atoms with Gasteiger partial charge < -0.3 is 0 Å². The first-order valence-corrected chi connectivity index (χ1v) is 5.00. The molecule has 2 aromatic carbocycles. The molecule has 0 amide bonds. The molecule has 0 radical (unpaired) electrons. The van der Waals surface area contributed by atoms with Crippen molar-refractivity contribution in [2.24, 2.45) is 0 Å². The van der Waals surface area contributed by atoms with Crippen LogP contribution in [0.15, 0.2) is 42.5 Å². The van der Waals surface area contributed by atoms with Gasteiger partial charge in [0.1, 0.15) is 0 Å². The summed E-state index contributed by atoms with van der Waals surface area (Å²) < 4.78 is 1.44. The van der Waals surface area contributed by atoms with Gasteiger partial charge in [-0.05, 0) is 0 Å². The molecule has 0 atom stereocenters. The number of rotatable bonds is 0. The molecule has 2 rings (SSSR count). The van der Waals surface area contributed by atoms with Crippen LogP contribution >= 0.6 is 0 Å². The molecule has 0 heterocycles. The average Bonchev–Trinajstić information content (AvgIpc) is 2.06. The van der Waals surface area contributed by atoms with Crippen molar-refractivity contribution in [3.05, 3.63) is 42.5 Å². The Morgan fingerprint density at radius 3 is 2.36 bits per heavy atom. The van der Waals surface area contributed by atoms with Crippen molar-refractivity contribution >= 4 is 36.9 Å². The quantitative estimate of drug-likeness (QED) is 0.619. The Morgan fingerprint density at radius 1 is 0.818 bits per heavy atom. The van der Waals surface area contributed by atoms with Gasteiger partial charge in [0.15, 0.2) is 0 Å². The van der Waals surface area contributed by atoms with Gasteiger partial charge in [-0.1, -0.05) is 0 Å². The Bertz CT molecular complexity index is 374. The molecule has 1 heteroatoms. The maximum absolute atomic E-state index is 2.18. The SMILES string of the molecule is [Sn+3][c]1cccc2ccccc12. The molecule has 0 fully saturated rings. The van der Waals surface area contributed by atoms with Crippen LogP contribution in [0.1, 0.15) is 0 Å². The first-order valence-electron chi connectivity index (χ1n) is 3.57. The fraction of sp³-hybridized carbons (Fsp3) is 0. The molecule has 0 bridgehead atoms. The van der Waals surface area contributed by atoms with Crippen LogP contribution in [0.5, 0.6) is 0 Å². The van der Waals surface area contributed by atoms with Crippen molar-refractivity contribution < 1.29 is 0 Å². The van der Waals surface area contributed by atoms with Crippen molar-refractivity contribution in [1.82, 2.24) is 0 Å². The predicted octanol–water partition coefficient (Wildman–Crippen LogP) is 1.63. The van der Waals surface area contributed by atoms with Gasteiger partial charge in [0.25, 0.3) is 0 Å². The van der Waals surface area contributed by atoms with E-state index in [4.69, 9.17) is 0 Å². The molecule has 0 nitrogen and oxygen atoms in total. The van der Waals surface area contributed by atoms with Gasteiger partial charge in [-0.25, -0.2) is 0 Å². The van der Waals surface area contributed by atoms with Gasteiger partial charge in [0, 0.05) is 0 Å². The summed E-state index contributed by atoms with van der Waals surface area (Å²) >= 11 is 1.49. The third-order valence-electron chi connectivity index (χ3n) is 1.79. The summed E-state index contributed by atoms with van der Waals surface area (Å²) in [5.74, 6) is 0. The van der Waals surface area contributed by atoms with Crippen molar-refractivity contribution in [3.63, 3.8) is 0 Å². The van der Waals surface area contributed by atoms with Crippen LogP contribution in [0.3, 0.4) is 0 Å². The zero-order valence-corrected chi connectivity index (χ0v) is 8.90. The van der Waals surface area contributed by atoms with Crippen LogP contribution in [0.2, 0.25) is 0 Å². The normalized spacial score (nSPS) is 10.4. The molecule has 0 spiro atoms. The van der Waals surface area contributed by atoms with Crippen molar-refractivity contribution in [1.29, 1.82) is 0 Å². The molecule has 0 unspecified atom stereocenters. The van der Waals surface area contributed by atoms with E-state index in [9.17, 15) is 0 Å². The minimum absolute atomic E-state index is 1.35. The minimum atomic E-state index is 1.35. The van der Waals surface area contributed by atoms with E-state index in [0.29, 0.717) is 0 Å². The van der Waals surface area contributed by atoms with E-state index in [2.05, 4.69) is 42.5 Å². The Labute approximate surface area is 79.3 Å². The molecule has 0 saturated heterocycles. The van der Waals surface area contributed by atoms with Crippen molar-refractivity contribution in [2.75, 3.05) is 0 Å². The molecule has 2 aromatic rings. The van der Waals surface area contributed by atoms with E-state index in [1.165, 1.54) is 36.9 Å². The fourth-order valence-electron chi connectivity index (χ4n) is 1.23. The molecule has 0 N–H and O–H groups in total. The van der Waals surface area contributed by atoms with Gasteiger partial charge in [-0.15, -0.1) is 0 Å². The van der Waals surface area contributed by atoms with Crippen molar-refractivity contribution in [3.8, 4) is 0 Å². The van der Waals surface area contributed by atoms with Crippen LogP contribution in [-0.4, -0.2) is 22.5 Å². The van der Waals surface area contributed by atoms with Crippen LogP contribution in [0.4, 0.5) is 0 Å². The summed E-state index contributed by atoms with van der Waals surface area (Å²) in [6.07, 6.45) is 0. The predicted molar refractivity (Wildman–Crippen MR) is 49.3 cm³/mol. The monoisotopic (exact) mass is 247 g/mol. The van der Waals surface area contributed by atoms with Gasteiger partial charge >= 0.3 is 79.3 Å². The standard InChI is InChI=1S/C10H7.Sn/c1-2-6-10-8-4-3-7-9(10)5-1;/h1-7H;/q;+3.